The molecule has 102 valence electrons. The summed E-state index contributed by atoms with van der Waals surface area (Å²) in [4.78, 5) is 8.90. The second kappa shape index (κ2) is 5.84. The van der Waals surface area contributed by atoms with Crippen LogP contribution in [0.25, 0.3) is 16.7 Å². The summed E-state index contributed by atoms with van der Waals surface area (Å²) in [6.07, 6.45) is 6.63. The van der Waals surface area contributed by atoms with Crippen LogP contribution < -0.4 is 5.32 Å². The van der Waals surface area contributed by atoms with Gasteiger partial charge in [0, 0.05) is 29.9 Å². The molecule has 0 unspecified atom stereocenters. The van der Waals surface area contributed by atoms with Crippen LogP contribution in [0.5, 0.6) is 0 Å². The molecule has 0 fully saturated rings. The molecular formula is C16H18N4. The van der Waals surface area contributed by atoms with E-state index >= 15 is 0 Å². The van der Waals surface area contributed by atoms with E-state index in [1.807, 2.05) is 29.0 Å². The lowest BCUT2D eigenvalue weighted by Crippen LogP contribution is -2.16. The van der Waals surface area contributed by atoms with E-state index in [4.69, 9.17) is 4.98 Å². The molecule has 20 heavy (non-hydrogen) atoms. The third kappa shape index (κ3) is 2.56. The monoisotopic (exact) mass is 266 g/mol. The lowest BCUT2D eigenvalue weighted by atomic mass is 10.1. The number of benzene rings is 1. The molecule has 0 aliphatic carbocycles. The van der Waals surface area contributed by atoms with Crippen molar-refractivity contribution in [1.29, 1.82) is 0 Å². The first kappa shape index (κ1) is 12.8. The van der Waals surface area contributed by atoms with Gasteiger partial charge < -0.3 is 5.32 Å². The SMILES string of the molecule is CCCNCc1cc2ccccc2nc1-n1ccnc1. The van der Waals surface area contributed by atoms with Crippen molar-refractivity contribution in [3.63, 3.8) is 0 Å². The van der Waals surface area contributed by atoms with Crippen LogP contribution in [0.4, 0.5) is 0 Å². The Morgan fingerprint density at radius 2 is 2.15 bits per heavy atom. The predicted molar refractivity (Wildman–Crippen MR) is 80.9 cm³/mol. The third-order valence-electron chi connectivity index (χ3n) is 3.27. The summed E-state index contributed by atoms with van der Waals surface area (Å²) in [5, 5.41) is 4.62. The maximum absolute atomic E-state index is 4.78. The van der Waals surface area contributed by atoms with Gasteiger partial charge in [-0.05, 0) is 25.1 Å². The number of imidazole rings is 1. The van der Waals surface area contributed by atoms with Crippen molar-refractivity contribution >= 4 is 10.9 Å². The van der Waals surface area contributed by atoms with E-state index in [1.54, 1.807) is 12.5 Å². The normalized spacial score (nSPS) is 11.1. The Kier molecular flexibility index (Phi) is 3.74. The van der Waals surface area contributed by atoms with E-state index in [0.717, 1.165) is 30.8 Å². The maximum atomic E-state index is 4.78. The highest BCUT2D eigenvalue weighted by atomic mass is 15.1. The van der Waals surface area contributed by atoms with E-state index in [-0.39, 0.29) is 0 Å². The average molecular weight is 266 g/mol. The zero-order chi connectivity index (χ0) is 13.8. The Morgan fingerprint density at radius 3 is 2.95 bits per heavy atom. The Hall–Kier alpha value is -2.20. The van der Waals surface area contributed by atoms with Crippen LogP contribution in [0.3, 0.4) is 0 Å². The van der Waals surface area contributed by atoms with E-state index in [0.29, 0.717) is 0 Å². The van der Waals surface area contributed by atoms with Crippen LogP contribution in [0.15, 0.2) is 49.1 Å². The smallest absolute Gasteiger partial charge is 0.143 e. The first-order valence-electron chi connectivity index (χ1n) is 6.96. The Balaban J connectivity index is 2.06. The minimum Gasteiger partial charge on any atom is -0.313 e. The average Bonchev–Trinajstić information content (AvgIpc) is 3.01. The van der Waals surface area contributed by atoms with Gasteiger partial charge in [-0.2, -0.15) is 0 Å². The zero-order valence-electron chi connectivity index (χ0n) is 11.6. The standard InChI is InChI=1S/C16H18N4/c1-2-7-17-11-14-10-13-5-3-4-6-15(13)19-16(14)20-9-8-18-12-20/h3-6,8-10,12,17H,2,7,11H2,1H3. The van der Waals surface area contributed by atoms with Crippen LogP contribution in [0.1, 0.15) is 18.9 Å². The van der Waals surface area contributed by atoms with Gasteiger partial charge in [-0.25, -0.2) is 9.97 Å². The van der Waals surface area contributed by atoms with Gasteiger partial charge in [-0.3, -0.25) is 4.57 Å². The summed E-state index contributed by atoms with van der Waals surface area (Å²) in [6, 6.07) is 10.4. The minimum atomic E-state index is 0.819. The molecule has 0 aliphatic heterocycles. The highest BCUT2D eigenvalue weighted by Crippen LogP contribution is 2.19. The summed E-state index contributed by atoms with van der Waals surface area (Å²) in [5.41, 5.74) is 2.20. The van der Waals surface area contributed by atoms with E-state index in [2.05, 4.69) is 29.4 Å². The molecule has 0 bridgehead atoms. The highest BCUT2D eigenvalue weighted by Gasteiger charge is 2.08. The molecule has 1 aromatic carbocycles. The van der Waals surface area contributed by atoms with Crippen molar-refractivity contribution in [1.82, 2.24) is 19.9 Å². The predicted octanol–water partition coefficient (Wildman–Crippen LogP) is 2.92. The summed E-state index contributed by atoms with van der Waals surface area (Å²) in [6.45, 7) is 4.00. The molecule has 0 saturated heterocycles. The molecular weight excluding hydrogens is 248 g/mol. The Labute approximate surface area is 118 Å². The molecule has 2 aromatic heterocycles. The quantitative estimate of drug-likeness (QED) is 0.722. The van der Waals surface area contributed by atoms with Crippen LogP contribution >= 0.6 is 0 Å². The second-order valence-electron chi connectivity index (χ2n) is 4.81. The molecule has 3 rings (SSSR count). The fourth-order valence-corrected chi connectivity index (χ4v) is 2.29. The molecule has 0 aliphatic rings. The van der Waals surface area contributed by atoms with Crippen molar-refractivity contribution < 1.29 is 0 Å². The van der Waals surface area contributed by atoms with Crippen molar-refractivity contribution in [2.24, 2.45) is 0 Å². The number of nitrogens with zero attached hydrogens (tertiary/aromatic N) is 3. The molecule has 0 atom stereocenters. The number of hydrogen-bond donors (Lipinski definition) is 1. The van der Waals surface area contributed by atoms with Crippen LogP contribution in [-0.4, -0.2) is 21.1 Å². The fraction of sp³-hybridized carbons (Fsp3) is 0.250. The molecule has 4 nitrogen and oxygen atoms in total. The lowest BCUT2D eigenvalue weighted by Gasteiger charge is -2.12. The number of rotatable bonds is 5. The summed E-state index contributed by atoms with van der Waals surface area (Å²) in [5.74, 6) is 0.949. The summed E-state index contributed by atoms with van der Waals surface area (Å²) < 4.78 is 1.97. The van der Waals surface area contributed by atoms with Crippen LogP contribution in [0.2, 0.25) is 0 Å². The largest absolute Gasteiger partial charge is 0.313 e. The number of aromatic nitrogens is 3. The Bertz CT molecular complexity index is 689. The van der Waals surface area contributed by atoms with Gasteiger partial charge in [0.1, 0.15) is 12.1 Å². The van der Waals surface area contributed by atoms with Gasteiger partial charge in [-0.1, -0.05) is 25.1 Å². The molecule has 1 N–H and O–H groups in total. The number of para-hydroxylation sites is 1. The molecule has 0 radical (unpaired) electrons. The minimum absolute atomic E-state index is 0.819. The van der Waals surface area contributed by atoms with E-state index in [9.17, 15) is 0 Å². The van der Waals surface area contributed by atoms with Gasteiger partial charge in [-0.15, -0.1) is 0 Å². The Morgan fingerprint density at radius 1 is 1.25 bits per heavy atom. The molecule has 2 heterocycles. The fourth-order valence-electron chi connectivity index (χ4n) is 2.29. The third-order valence-corrected chi connectivity index (χ3v) is 3.27. The number of hydrogen-bond acceptors (Lipinski definition) is 3. The maximum Gasteiger partial charge on any atom is 0.143 e. The van der Waals surface area contributed by atoms with E-state index in [1.165, 1.54) is 10.9 Å². The van der Waals surface area contributed by atoms with Crippen LogP contribution in [-0.2, 0) is 6.54 Å². The molecule has 3 aromatic rings. The molecule has 0 spiro atoms. The van der Waals surface area contributed by atoms with Gasteiger partial charge in [0.15, 0.2) is 0 Å². The van der Waals surface area contributed by atoms with Crippen molar-refractivity contribution in [3.05, 3.63) is 54.6 Å². The molecule has 0 amide bonds. The van der Waals surface area contributed by atoms with Gasteiger partial charge >= 0.3 is 0 Å². The van der Waals surface area contributed by atoms with Crippen molar-refractivity contribution in [2.45, 2.75) is 19.9 Å². The second-order valence-corrected chi connectivity index (χ2v) is 4.81. The van der Waals surface area contributed by atoms with Gasteiger partial charge in [0.05, 0.1) is 5.52 Å². The molecule has 4 heteroatoms. The summed E-state index contributed by atoms with van der Waals surface area (Å²) >= 11 is 0. The first-order chi connectivity index (χ1) is 9.88. The van der Waals surface area contributed by atoms with Gasteiger partial charge in [0.25, 0.3) is 0 Å². The number of fused-ring (bicyclic) bond motifs is 1. The van der Waals surface area contributed by atoms with Crippen molar-refractivity contribution in [2.75, 3.05) is 6.54 Å². The number of nitrogens with one attached hydrogen (secondary N) is 1. The highest BCUT2D eigenvalue weighted by molar-refractivity contribution is 5.80. The molecule has 0 saturated carbocycles. The van der Waals surface area contributed by atoms with Crippen LogP contribution in [0, 0.1) is 0 Å². The lowest BCUT2D eigenvalue weighted by molar-refractivity contribution is 0.671. The van der Waals surface area contributed by atoms with Gasteiger partial charge in [0.2, 0.25) is 0 Å². The first-order valence-corrected chi connectivity index (χ1v) is 6.96. The van der Waals surface area contributed by atoms with E-state index < -0.39 is 0 Å². The van der Waals surface area contributed by atoms with Crippen molar-refractivity contribution in [3.8, 4) is 5.82 Å². The topological polar surface area (TPSA) is 42.7 Å². The summed E-state index contributed by atoms with van der Waals surface area (Å²) in [7, 11) is 0. The number of pyridine rings is 1. The zero-order valence-corrected chi connectivity index (χ0v) is 11.6.